The van der Waals surface area contributed by atoms with Gasteiger partial charge >= 0.3 is 0 Å². The summed E-state index contributed by atoms with van der Waals surface area (Å²) in [5.74, 6) is 0. The average Bonchev–Trinajstić information content (AvgIpc) is 3.03. The predicted octanol–water partition coefficient (Wildman–Crippen LogP) is 1.09. The van der Waals surface area contributed by atoms with Crippen molar-refractivity contribution < 1.29 is 0 Å². The van der Waals surface area contributed by atoms with E-state index >= 15 is 0 Å². The van der Waals surface area contributed by atoms with Gasteiger partial charge in [0.1, 0.15) is 0 Å². The summed E-state index contributed by atoms with van der Waals surface area (Å²) < 4.78 is 2.25. The van der Waals surface area contributed by atoms with Crippen LogP contribution in [0.25, 0.3) is 0 Å². The van der Waals surface area contributed by atoms with Crippen molar-refractivity contribution in [2.45, 2.75) is 38.9 Å². The molecule has 1 saturated carbocycles. The van der Waals surface area contributed by atoms with E-state index in [4.69, 9.17) is 0 Å². The molecule has 0 atom stereocenters. The van der Waals surface area contributed by atoms with Gasteiger partial charge in [-0.25, -0.2) is 4.98 Å². The van der Waals surface area contributed by atoms with Gasteiger partial charge in [0.05, 0.1) is 12.0 Å². The first-order valence-electron chi connectivity index (χ1n) is 6.22. The Morgan fingerprint density at radius 2 is 2.38 bits per heavy atom. The normalized spacial score (nSPS) is 15.9. The van der Waals surface area contributed by atoms with Gasteiger partial charge in [0.15, 0.2) is 0 Å². The zero-order valence-electron chi connectivity index (χ0n) is 10.3. The number of aromatic nitrogens is 2. The molecule has 1 N–H and O–H groups in total. The highest BCUT2D eigenvalue weighted by Crippen LogP contribution is 2.26. The number of rotatable bonds is 7. The van der Waals surface area contributed by atoms with E-state index in [1.807, 2.05) is 19.6 Å². The summed E-state index contributed by atoms with van der Waals surface area (Å²) in [4.78, 5) is 6.78. The molecule has 1 fully saturated rings. The first-order valence-corrected chi connectivity index (χ1v) is 6.22. The van der Waals surface area contributed by atoms with Gasteiger partial charge in [0.2, 0.25) is 0 Å². The maximum atomic E-state index is 4.21. The Labute approximate surface area is 97.7 Å². The number of hydrogen-bond donors (Lipinski definition) is 1. The molecule has 2 rings (SSSR count). The highest BCUT2D eigenvalue weighted by molar-refractivity contribution is 4.98. The van der Waals surface area contributed by atoms with Crippen LogP contribution in [0.4, 0.5) is 0 Å². The van der Waals surface area contributed by atoms with E-state index in [9.17, 15) is 0 Å². The second-order valence-electron chi connectivity index (χ2n) is 4.47. The maximum Gasteiger partial charge on any atom is 0.0949 e. The van der Waals surface area contributed by atoms with Crippen LogP contribution >= 0.6 is 0 Å². The fourth-order valence-electron chi connectivity index (χ4n) is 2.15. The van der Waals surface area contributed by atoms with E-state index in [-0.39, 0.29) is 0 Å². The van der Waals surface area contributed by atoms with Crippen molar-refractivity contribution in [2.75, 3.05) is 20.1 Å². The van der Waals surface area contributed by atoms with Crippen molar-refractivity contribution in [3.63, 3.8) is 0 Å². The Kier molecular flexibility index (Phi) is 3.96. The van der Waals surface area contributed by atoms with Gasteiger partial charge in [-0.1, -0.05) is 6.92 Å². The molecule has 4 heteroatoms. The molecule has 1 heterocycles. The molecule has 0 aromatic carbocycles. The first kappa shape index (κ1) is 11.6. The number of hydrogen-bond acceptors (Lipinski definition) is 3. The minimum absolute atomic E-state index is 0.862. The minimum atomic E-state index is 0.862. The molecular formula is C12H22N4. The second kappa shape index (κ2) is 5.46. The van der Waals surface area contributed by atoms with Crippen LogP contribution < -0.4 is 5.32 Å². The molecule has 1 aliphatic carbocycles. The summed E-state index contributed by atoms with van der Waals surface area (Å²) in [6.45, 7) is 6.52. The maximum absolute atomic E-state index is 4.21. The van der Waals surface area contributed by atoms with Crippen molar-refractivity contribution in [1.82, 2.24) is 19.8 Å². The minimum Gasteiger partial charge on any atom is -0.332 e. The molecule has 0 saturated heterocycles. The molecule has 4 nitrogen and oxygen atoms in total. The van der Waals surface area contributed by atoms with Gasteiger partial charge in [-0.15, -0.1) is 0 Å². The van der Waals surface area contributed by atoms with Crippen molar-refractivity contribution in [1.29, 1.82) is 0 Å². The van der Waals surface area contributed by atoms with Crippen molar-refractivity contribution >= 4 is 0 Å². The molecule has 1 aromatic heterocycles. The van der Waals surface area contributed by atoms with Crippen LogP contribution in [0, 0.1) is 0 Å². The predicted molar refractivity (Wildman–Crippen MR) is 65.3 cm³/mol. The number of imidazole rings is 1. The summed E-state index contributed by atoms with van der Waals surface area (Å²) >= 11 is 0. The van der Waals surface area contributed by atoms with E-state index in [0.29, 0.717) is 0 Å². The molecule has 0 bridgehead atoms. The van der Waals surface area contributed by atoms with Crippen LogP contribution in [0.15, 0.2) is 12.5 Å². The van der Waals surface area contributed by atoms with E-state index in [2.05, 4.69) is 26.7 Å². The molecule has 0 aliphatic heterocycles. The van der Waals surface area contributed by atoms with Crippen LogP contribution in [-0.4, -0.2) is 40.6 Å². The zero-order chi connectivity index (χ0) is 11.4. The fourth-order valence-corrected chi connectivity index (χ4v) is 2.15. The van der Waals surface area contributed by atoms with Gasteiger partial charge in [-0.2, -0.15) is 0 Å². The van der Waals surface area contributed by atoms with Gasteiger partial charge in [0, 0.05) is 31.9 Å². The molecule has 90 valence electrons. The molecule has 0 unspecified atom stereocenters. The van der Waals surface area contributed by atoms with E-state index < -0.39 is 0 Å². The van der Waals surface area contributed by atoms with Crippen molar-refractivity contribution in [3.8, 4) is 0 Å². The lowest BCUT2D eigenvalue weighted by atomic mass is 10.4. The fraction of sp³-hybridized carbons (Fsp3) is 0.750. The topological polar surface area (TPSA) is 33.1 Å². The van der Waals surface area contributed by atoms with E-state index in [1.165, 1.54) is 25.1 Å². The van der Waals surface area contributed by atoms with Crippen LogP contribution in [0.5, 0.6) is 0 Å². The largest absolute Gasteiger partial charge is 0.332 e. The number of likely N-dealkylation sites (N-methyl/N-ethyl adjacent to an activating group) is 1. The van der Waals surface area contributed by atoms with Gasteiger partial charge in [0.25, 0.3) is 0 Å². The molecular weight excluding hydrogens is 200 g/mol. The van der Waals surface area contributed by atoms with Crippen molar-refractivity contribution in [3.05, 3.63) is 18.2 Å². The highest BCUT2D eigenvalue weighted by atomic mass is 15.2. The van der Waals surface area contributed by atoms with Crippen LogP contribution in [-0.2, 0) is 13.1 Å². The third-order valence-corrected chi connectivity index (χ3v) is 3.25. The Balaban J connectivity index is 1.85. The Bertz CT molecular complexity index is 317. The monoisotopic (exact) mass is 222 g/mol. The van der Waals surface area contributed by atoms with Crippen LogP contribution in [0.2, 0.25) is 0 Å². The summed E-state index contributed by atoms with van der Waals surface area (Å²) in [5.41, 5.74) is 1.27. The Hall–Kier alpha value is -0.870. The lowest BCUT2D eigenvalue weighted by Gasteiger charge is -2.20. The molecule has 1 aromatic rings. The molecule has 0 amide bonds. The molecule has 0 spiro atoms. The van der Waals surface area contributed by atoms with Crippen molar-refractivity contribution in [2.24, 2.45) is 0 Å². The summed E-state index contributed by atoms with van der Waals surface area (Å²) in [5, 5.41) is 3.17. The van der Waals surface area contributed by atoms with E-state index in [0.717, 1.165) is 25.7 Å². The average molecular weight is 222 g/mol. The Morgan fingerprint density at radius 1 is 1.56 bits per heavy atom. The number of nitrogens with zero attached hydrogens (tertiary/aromatic N) is 3. The SMILES string of the molecule is CCN(CCn1cncc1CNC)C1CC1. The third kappa shape index (κ3) is 2.83. The standard InChI is InChI=1S/C12H22N4/c1-3-15(11-4-5-11)6-7-16-10-14-9-12(16)8-13-2/h9-11,13H,3-8H2,1-2H3. The third-order valence-electron chi connectivity index (χ3n) is 3.25. The molecule has 1 aliphatic rings. The summed E-state index contributed by atoms with van der Waals surface area (Å²) in [6.07, 6.45) is 6.67. The smallest absolute Gasteiger partial charge is 0.0949 e. The van der Waals surface area contributed by atoms with Crippen LogP contribution in [0.3, 0.4) is 0 Å². The summed E-state index contributed by atoms with van der Waals surface area (Å²) in [6, 6.07) is 0.862. The van der Waals surface area contributed by atoms with Crippen LogP contribution in [0.1, 0.15) is 25.5 Å². The first-order chi connectivity index (χ1) is 7.85. The number of nitrogens with one attached hydrogen (secondary N) is 1. The highest BCUT2D eigenvalue weighted by Gasteiger charge is 2.27. The van der Waals surface area contributed by atoms with Gasteiger partial charge in [-0.05, 0) is 26.4 Å². The van der Waals surface area contributed by atoms with E-state index in [1.54, 1.807) is 0 Å². The molecule has 16 heavy (non-hydrogen) atoms. The Morgan fingerprint density at radius 3 is 3.00 bits per heavy atom. The summed E-state index contributed by atoms with van der Waals surface area (Å²) in [7, 11) is 1.97. The van der Waals surface area contributed by atoms with Gasteiger partial charge < -0.3 is 9.88 Å². The zero-order valence-corrected chi connectivity index (χ0v) is 10.3. The second-order valence-corrected chi connectivity index (χ2v) is 4.47. The lowest BCUT2D eigenvalue weighted by molar-refractivity contribution is 0.265. The lowest BCUT2D eigenvalue weighted by Crippen LogP contribution is -2.29. The quantitative estimate of drug-likeness (QED) is 0.749. The molecule has 0 radical (unpaired) electrons. The van der Waals surface area contributed by atoms with Gasteiger partial charge in [-0.3, -0.25) is 4.90 Å².